The summed E-state index contributed by atoms with van der Waals surface area (Å²) in [4.78, 5) is 25.1. The molecule has 0 unspecified atom stereocenters. The molecule has 30 heavy (non-hydrogen) atoms. The Balaban J connectivity index is 1.56. The van der Waals surface area contributed by atoms with E-state index >= 15 is 0 Å². The molecular formula is C19H24F3N5O3. The lowest BCUT2D eigenvalue weighted by atomic mass is 9.77. The Hall–Kier alpha value is -2.43. The van der Waals surface area contributed by atoms with Gasteiger partial charge in [0.2, 0.25) is 5.91 Å². The Kier molecular flexibility index (Phi) is 5.11. The molecule has 2 aromatic rings. The van der Waals surface area contributed by atoms with Gasteiger partial charge in [0.15, 0.2) is 5.82 Å². The fourth-order valence-electron chi connectivity index (χ4n) is 3.91. The van der Waals surface area contributed by atoms with Crippen LogP contribution in [0.3, 0.4) is 0 Å². The van der Waals surface area contributed by atoms with Gasteiger partial charge in [-0.15, -0.1) is 0 Å². The van der Waals surface area contributed by atoms with Gasteiger partial charge in [-0.1, -0.05) is 0 Å². The fraction of sp³-hybridized carbons (Fsp3) is 0.684. The zero-order valence-electron chi connectivity index (χ0n) is 16.6. The third-order valence-corrected chi connectivity index (χ3v) is 5.55. The topological polar surface area (TPSA) is 102 Å². The molecule has 164 valence electrons. The van der Waals surface area contributed by atoms with Crippen molar-refractivity contribution in [2.45, 2.75) is 82.2 Å². The zero-order chi connectivity index (χ0) is 21.7. The van der Waals surface area contributed by atoms with Crippen molar-refractivity contribution < 1.29 is 23.1 Å². The van der Waals surface area contributed by atoms with Crippen LogP contribution in [-0.2, 0) is 17.8 Å². The molecule has 2 saturated carbocycles. The van der Waals surface area contributed by atoms with Gasteiger partial charge in [0.25, 0.3) is 5.56 Å². The van der Waals surface area contributed by atoms with Gasteiger partial charge in [0.1, 0.15) is 12.1 Å². The SMILES string of the molecule is C[C@]1(O)C[C@@H](NC(=O)Cn2nc(CCCC(F)(F)F)n3nc(C4CC4)cc3c2=O)C1. The summed E-state index contributed by atoms with van der Waals surface area (Å²) in [5.74, 6) is 0.0493. The third kappa shape index (κ3) is 4.66. The van der Waals surface area contributed by atoms with Crippen LogP contribution in [0.25, 0.3) is 5.52 Å². The first-order chi connectivity index (χ1) is 14.0. The fourth-order valence-corrected chi connectivity index (χ4v) is 3.91. The van der Waals surface area contributed by atoms with E-state index in [1.807, 2.05) is 0 Å². The van der Waals surface area contributed by atoms with Crippen LogP contribution in [0.2, 0.25) is 0 Å². The standard InChI is InChI=1S/C19H24F3N5O3/c1-18(30)8-12(9-18)23-16(28)10-26-17(29)14-7-13(11-4-5-11)24-27(14)15(25-26)3-2-6-19(20,21)22/h7,11-12,30H,2-6,8-10H2,1H3,(H,23,28)/t12-,18+. The average molecular weight is 427 g/mol. The predicted molar refractivity (Wildman–Crippen MR) is 100 cm³/mol. The lowest BCUT2D eigenvalue weighted by Crippen LogP contribution is -2.54. The van der Waals surface area contributed by atoms with Crippen LogP contribution in [0.1, 0.15) is 62.9 Å². The number of fused-ring (bicyclic) bond motifs is 1. The Morgan fingerprint density at radius 2 is 2.03 bits per heavy atom. The number of hydrogen-bond donors (Lipinski definition) is 2. The van der Waals surface area contributed by atoms with Gasteiger partial charge >= 0.3 is 6.18 Å². The molecular weight excluding hydrogens is 403 g/mol. The van der Waals surface area contributed by atoms with Gasteiger partial charge in [0.05, 0.1) is 11.3 Å². The maximum absolute atomic E-state index is 12.8. The number of hydrogen-bond acceptors (Lipinski definition) is 5. The molecule has 2 aliphatic rings. The number of amides is 1. The van der Waals surface area contributed by atoms with Gasteiger partial charge < -0.3 is 10.4 Å². The van der Waals surface area contributed by atoms with Crippen LogP contribution in [-0.4, -0.2) is 48.2 Å². The molecule has 0 aromatic carbocycles. The van der Waals surface area contributed by atoms with Crippen molar-refractivity contribution in [1.82, 2.24) is 24.7 Å². The number of aryl methyl sites for hydroxylation is 1. The number of carbonyl (C=O) groups is 1. The monoisotopic (exact) mass is 427 g/mol. The van der Waals surface area contributed by atoms with Gasteiger partial charge in [-0.05, 0) is 45.1 Å². The quantitative estimate of drug-likeness (QED) is 0.700. The van der Waals surface area contributed by atoms with Crippen molar-refractivity contribution in [1.29, 1.82) is 0 Å². The molecule has 0 bridgehead atoms. The number of carbonyl (C=O) groups excluding carboxylic acids is 1. The molecule has 2 N–H and O–H groups in total. The van der Waals surface area contributed by atoms with E-state index in [0.29, 0.717) is 12.8 Å². The second kappa shape index (κ2) is 7.36. The molecule has 8 nitrogen and oxygen atoms in total. The number of alkyl halides is 3. The summed E-state index contributed by atoms with van der Waals surface area (Å²) in [5.41, 5.74) is -0.364. The first-order valence-electron chi connectivity index (χ1n) is 10.1. The van der Waals surface area contributed by atoms with E-state index in [1.165, 1.54) is 4.52 Å². The number of rotatable bonds is 7. The second-order valence-corrected chi connectivity index (χ2v) is 8.66. The van der Waals surface area contributed by atoms with Crippen LogP contribution in [0.4, 0.5) is 13.2 Å². The highest BCUT2D eigenvalue weighted by molar-refractivity contribution is 5.76. The van der Waals surface area contributed by atoms with Crippen molar-refractivity contribution in [3.8, 4) is 0 Å². The largest absolute Gasteiger partial charge is 0.390 e. The van der Waals surface area contributed by atoms with E-state index in [1.54, 1.807) is 13.0 Å². The smallest absolute Gasteiger partial charge is 0.389 e. The summed E-state index contributed by atoms with van der Waals surface area (Å²) >= 11 is 0. The van der Waals surface area contributed by atoms with Gasteiger partial charge in [-0.3, -0.25) is 9.59 Å². The van der Waals surface area contributed by atoms with Gasteiger partial charge in [0, 0.05) is 24.8 Å². The summed E-state index contributed by atoms with van der Waals surface area (Å²) in [7, 11) is 0. The molecule has 0 atom stereocenters. The third-order valence-electron chi connectivity index (χ3n) is 5.55. The Morgan fingerprint density at radius 1 is 1.33 bits per heavy atom. The Labute approximate surface area is 170 Å². The summed E-state index contributed by atoms with van der Waals surface area (Å²) in [6.07, 6.45) is -2.67. The molecule has 0 spiro atoms. The number of nitrogens with one attached hydrogen (secondary N) is 1. The Bertz CT molecular complexity index is 1010. The predicted octanol–water partition coefficient (Wildman–Crippen LogP) is 1.68. The van der Waals surface area contributed by atoms with E-state index in [-0.39, 0.29) is 42.7 Å². The maximum atomic E-state index is 12.8. The lowest BCUT2D eigenvalue weighted by Gasteiger charge is -2.41. The molecule has 4 rings (SSSR count). The van der Waals surface area contributed by atoms with Crippen molar-refractivity contribution >= 4 is 11.4 Å². The normalized spacial score (nSPS) is 24.1. The zero-order valence-corrected chi connectivity index (χ0v) is 16.6. The molecule has 2 aromatic heterocycles. The summed E-state index contributed by atoms with van der Waals surface area (Å²) in [6, 6.07) is 1.47. The molecule has 11 heteroatoms. The molecule has 0 saturated heterocycles. The van der Waals surface area contributed by atoms with E-state index in [2.05, 4.69) is 15.5 Å². The number of aliphatic hydroxyl groups is 1. The molecule has 2 aliphatic carbocycles. The summed E-state index contributed by atoms with van der Waals surface area (Å²) < 4.78 is 40.0. The van der Waals surface area contributed by atoms with Crippen molar-refractivity contribution in [2.75, 3.05) is 0 Å². The average Bonchev–Trinajstić information content (AvgIpc) is 3.34. The van der Waals surface area contributed by atoms with Gasteiger partial charge in [-0.2, -0.15) is 23.4 Å². The van der Waals surface area contributed by atoms with Crippen LogP contribution in [0.15, 0.2) is 10.9 Å². The second-order valence-electron chi connectivity index (χ2n) is 8.66. The van der Waals surface area contributed by atoms with Crippen LogP contribution >= 0.6 is 0 Å². The highest BCUT2D eigenvalue weighted by Gasteiger charge is 2.39. The van der Waals surface area contributed by atoms with Crippen molar-refractivity contribution in [3.05, 3.63) is 27.9 Å². The van der Waals surface area contributed by atoms with Crippen molar-refractivity contribution in [3.63, 3.8) is 0 Å². The molecule has 0 radical (unpaired) electrons. The van der Waals surface area contributed by atoms with E-state index in [0.717, 1.165) is 23.2 Å². The van der Waals surface area contributed by atoms with Crippen LogP contribution in [0.5, 0.6) is 0 Å². The van der Waals surface area contributed by atoms with Gasteiger partial charge in [-0.25, -0.2) is 9.20 Å². The molecule has 1 amide bonds. The lowest BCUT2D eigenvalue weighted by molar-refractivity contribution is -0.135. The Morgan fingerprint density at radius 3 is 2.63 bits per heavy atom. The summed E-state index contributed by atoms with van der Waals surface area (Å²) in [6.45, 7) is 1.34. The van der Waals surface area contributed by atoms with Crippen LogP contribution in [0, 0.1) is 0 Å². The van der Waals surface area contributed by atoms with Crippen molar-refractivity contribution in [2.24, 2.45) is 0 Å². The number of nitrogens with zero attached hydrogens (tertiary/aromatic N) is 4. The minimum atomic E-state index is -4.28. The highest BCUT2D eigenvalue weighted by Crippen LogP contribution is 2.39. The number of halogens is 3. The first kappa shape index (κ1) is 20.8. The van der Waals surface area contributed by atoms with E-state index in [4.69, 9.17) is 0 Å². The molecule has 2 fully saturated rings. The van der Waals surface area contributed by atoms with E-state index < -0.39 is 29.7 Å². The minimum absolute atomic E-state index is 0.0187. The molecule has 2 heterocycles. The minimum Gasteiger partial charge on any atom is -0.390 e. The number of aromatic nitrogens is 4. The molecule has 0 aliphatic heterocycles. The first-order valence-corrected chi connectivity index (χ1v) is 10.1. The highest BCUT2D eigenvalue weighted by atomic mass is 19.4. The van der Waals surface area contributed by atoms with Crippen LogP contribution < -0.4 is 10.9 Å². The maximum Gasteiger partial charge on any atom is 0.389 e. The summed E-state index contributed by atoms with van der Waals surface area (Å²) in [5, 5.41) is 21.1. The van der Waals surface area contributed by atoms with E-state index in [9.17, 15) is 27.9 Å².